The minimum absolute atomic E-state index is 0. The third-order valence-electron chi connectivity index (χ3n) is 12.5. The van der Waals surface area contributed by atoms with Crippen LogP contribution in [-0.2, 0) is 11.2 Å². The summed E-state index contributed by atoms with van der Waals surface area (Å²) in [5.74, 6) is -0.876. The van der Waals surface area contributed by atoms with Gasteiger partial charge in [0.25, 0.3) is 0 Å². The summed E-state index contributed by atoms with van der Waals surface area (Å²) in [6, 6.07) is 5.74. The number of carbonyl (C=O) groups is 2. The Morgan fingerprint density at radius 1 is 1.07 bits per heavy atom. The van der Waals surface area contributed by atoms with Gasteiger partial charge in [0.2, 0.25) is 0 Å². The molecule has 12 nitrogen and oxygen atoms in total. The Hall–Kier alpha value is -4.99. The number of hydrogen-bond donors (Lipinski definition) is 1. The number of pyridine rings is 1. The number of alkyl halides is 2. The van der Waals surface area contributed by atoms with Crippen molar-refractivity contribution in [1.82, 2.24) is 30.1 Å². The second-order valence-corrected chi connectivity index (χ2v) is 17.1. The van der Waals surface area contributed by atoms with E-state index in [4.69, 9.17) is 19.2 Å². The van der Waals surface area contributed by atoms with Crippen molar-refractivity contribution in [2.75, 3.05) is 57.4 Å². The van der Waals surface area contributed by atoms with Crippen molar-refractivity contribution < 1.29 is 42.8 Å². The summed E-state index contributed by atoms with van der Waals surface area (Å²) in [5.41, 5.74) is -1.67. The molecule has 8 heterocycles. The molecule has 16 heteroatoms. The molecule has 0 spiro atoms. The van der Waals surface area contributed by atoms with Crippen LogP contribution in [0.25, 0.3) is 32.9 Å². The summed E-state index contributed by atoms with van der Waals surface area (Å²) < 4.78 is 81.5. The molecule has 4 fully saturated rings. The Bertz CT molecular complexity index is 2290. The Kier molecular flexibility index (Phi) is 9.96. The first-order valence-electron chi connectivity index (χ1n) is 20.3. The highest BCUT2D eigenvalue weighted by Crippen LogP contribution is 2.43. The van der Waals surface area contributed by atoms with E-state index in [0.29, 0.717) is 36.3 Å². The molecular formula is C42H49F4N7O5. The van der Waals surface area contributed by atoms with Crippen LogP contribution in [0.4, 0.5) is 33.0 Å². The summed E-state index contributed by atoms with van der Waals surface area (Å²) in [6.45, 7) is 5.83. The molecule has 0 radical (unpaired) electrons. The fraction of sp³-hybridized carbons (Fsp3) is 0.548. The van der Waals surface area contributed by atoms with Crippen molar-refractivity contribution in [2.24, 2.45) is 5.92 Å². The fourth-order valence-electron chi connectivity index (χ4n) is 9.95. The normalized spacial score (nSPS) is 27.8. The standard InChI is InChI=1S/C42H47F4N7O5.H2/c1-24-6-3-11-51(19-24)40(55)58-28-14-25-8-9-32(45)29-7-4-13-56-39(54)50-41(2)16-26(43)20-52(22-41)37-31-18-47-35(30(15-28)33(25)29)34(46)36(31)48-38(49-37)57-23-42-10-5-12-53(42)21-27(44)17-42;/h8-9,14-15,18,24,26-27H,3-7,10-13,16-17,19-23H2,1-2H3,(H,50,54);1H/t24-,26-,27-,41-,42+;/m1./s1. The van der Waals surface area contributed by atoms with Crippen LogP contribution in [0.2, 0.25) is 0 Å². The van der Waals surface area contributed by atoms with E-state index in [9.17, 15) is 14.0 Å². The number of nitrogens with zero attached hydrogens (tertiary/aromatic N) is 6. The molecule has 0 unspecified atom stereocenters. The molecule has 2 aromatic carbocycles. The van der Waals surface area contributed by atoms with Crippen LogP contribution in [-0.4, -0.2) is 113 Å². The molecule has 2 amide bonds. The number of ether oxygens (including phenoxy) is 3. The van der Waals surface area contributed by atoms with E-state index in [1.807, 2.05) is 0 Å². The fourth-order valence-corrected chi connectivity index (χ4v) is 9.95. The average Bonchev–Trinajstić information content (AvgIpc) is 3.71. The minimum Gasteiger partial charge on any atom is -0.461 e. The second kappa shape index (κ2) is 15.0. The predicted octanol–water partition coefficient (Wildman–Crippen LogP) is 7.53. The number of anilines is 1. The minimum atomic E-state index is -1.41. The van der Waals surface area contributed by atoms with E-state index in [1.54, 1.807) is 22.8 Å². The lowest BCUT2D eigenvalue weighted by Crippen LogP contribution is -2.60. The van der Waals surface area contributed by atoms with Gasteiger partial charge in [-0.15, -0.1) is 0 Å². The first-order chi connectivity index (χ1) is 27.9. The van der Waals surface area contributed by atoms with Crippen LogP contribution in [0.5, 0.6) is 11.8 Å². The van der Waals surface area contributed by atoms with Crippen molar-refractivity contribution in [1.29, 1.82) is 0 Å². The highest BCUT2D eigenvalue weighted by atomic mass is 19.1. The molecular weight excluding hydrogens is 758 g/mol. The van der Waals surface area contributed by atoms with E-state index < -0.39 is 47.2 Å². The molecule has 0 saturated carbocycles. The highest BCUT2D eigenvalue weighted by Gasteiger charge is 2.49. The summed E-state index contributed by atoms with van der Waals surface area (Å²) >= 11 is 0. The van der Waals surface area contributed by atoms with Crippen LogP contribution >= 0.6 is 0 Å². The Morgan fingerprint density at radius 3 is 2.76 bits per heavy atom. The number of aromatic nitrogens is 3. The van der Waals surface area contributed by atoms with E-state index >= 15 is 13.2 Å². The maximum atomic E-state index is 17.5. The maximum absolute atomic E-state index is 17.5. The number of rotatable bonds is 4. The quantitative estimate of drug-likeness (QED) is 0.207. The number of fused-ring (bicyclic) bond motifs is 7. The number of hydrogen-bond acceptors (Lipinski definition) is 10. The van der Waals surface area contributed by atoms with Gasteiger partial charge in [-0.25, -0.2) is 27.2 Å². The molecule has 5 atom stereocenters. The molecule has 0 aliphatic carbocycles. The number of piperidine rings is 2. The number of aryl methyl sites for hydroxylation is 1. The molecule has 10 rings (SSSR count). The highest BCUT2D eigenvalue weighted by molar-refractivity contribution is 6.02. The van der Waals surface area contributed by atoms with Gasteiger partial charge in [-0.1, -0.05) is 13.0 Å². The second-order valence-electron chi connectivity index (χ2n) is 17.1. The molecule has 310 valence electrons. The lowest BCUT2D eigenvalue weighted by atomic mass is 9.90. The van der Waals surface area contributed by atoms with E-state index in [0.717, 1.165) is 32.2 Å². The van der Waals surface area contributed by atoms with Gasteiger partial charge in [-0.3, -0.25) is 9.88 Å². The SMILES string of the molecule is C[C@@H]1CCCN(C(=O)Oc2cc3c4c(c(F)ccc4c2)CCCOC(=O)N[C@]2(C)C[C@@H](F)CN(C2)c2nc(OC[C@@]45CCCN4C[C@H](F)C5)nc4c(F)c-3ncc24)C1.[HH]. The molecule has 6 aliphatic heterocycles. The molecule has 2 aromatic heterocycles. The topological polar surface area (TPSA) is 122 Å². The van der Waals surface area contributed by atoms with Crippen molar-refractivity contribution in [2.45, 2.75) is 88.6 Å². The smallest absolute Gasteiger partial charge is 0.415 e. The van der Waals surface area contributed by atoms with E-state index in [-0.39, 0.29) is 98.7 Å². The number of nitrogens with one attached hydrogen (secondary N) is 1. The van der Waals surface area contributed by atoms with Gasteiger partial charge in [-0.05, 0) is 92.4 Å². The lowest BCUT2D eigenvalue weighted by molar-refractivity contribution is 0.107. The Labute approximate surface area is 334 Å². The molecule has 6 bridgehead atoms. The Balaban J connectivity index is 0.00000484. The van der Waals surface area contributed by atoms with Crippen molar-refractivity contribution in [3.05, 3.63) is 47.7 Å². The van der Waals surface area contributed by atoms with Crippen LogP contribution in [0, 0.1) is 17.6 Å². The first-order valence-corrected chi connectivity index (χ1v) is 20.3. The maximum Gasteiger partial charge on any atom is 0.415 e. The van der Waals surface area contributed by atoms with Gasteiger partial charge in [0.1, 0.15) is 47.5 Å². The third-order valence-corrected chi connectivity index (χ3v) is 12.5. The number of carbonyl (C=O) groups excluding carboxylic acids is 2. The van der Waals surface area contributed by atoms with Crippen LogP contribution in [0.3, 0.4) is 0 Å². The van der Waals surface area contributed by atoms with Gasteiger partial charge < -0.3 is 29.3 Å². The summed E-state index contributed by atoms with van der Waals surface area (Å²) in [7, 11) is 0. The molecule has 6 aliphatic rings. The number of benzene rings is 2. The van der Waals surface area contributed by atoms with Crippen molar-refractivity contribution in [3.63, 3.8) is 0 Å². The average molecular weight is 808 g/mol. The summed E-state index contributed by atoms with van der Waals surface area (Å²) in [4.78, 5) is 45.8. The van der Waals surface area contributed by atoms with Crippen molar-refractivity contribution in [3.8, 4) is 23.0 Å². The van der Waals surface area contributed by atoms with Crippen LogP contribution in [0.15, 0.2) is 30.5 Å². The number of amides is 2. The zero-order valence-corrected chi connectivity index (χ0v) is 32.7. The van der Waals surface area contributed by atoms with Crippen molar-refractivity contribution >= 4 is 39.7 Å². The van der Waals surface area contributed by atoms with Gasteiger partial charge >= 0.3 is 18.2 Å². The first kappa shape index (κ1) is 38.5. The zero-order chi connectivity index (χ0) is 40.3. The molecule has 4 aromatic rings. The predicted molar refractivity (Wildman–Crippen MR) is 210 cm³/mol. The summed E-state index contributed by atoms with van der Waals surface area (Å²) in [6.07, 6.45) is 1.69. The largest absolute Gasteiger partial charge is 0.461 e. The van der Waals surface area contributed by atoms with E-state index in [2.05, 4.69) is 27.1 Å². The Morgan fingerprint density at radius 2 is 1.91 bits per heavy atom. The van der Waals surface area contributed by atoms with Crippen LogP contribution in [0.1, 0.15) is 65.8 Å². The third kappa shape index (κ3) is 7.21. The van der Waals surface area contributed by atoms with E-state index in [1.165, 1.54) is 24.4 Å². The molecule has 58 heavy (non-hydrogen) atoms. The monoisotopic (exact) mass is 807 g/mol. The molecule has 1 N–H and O–H groups in total. The van der Waals surface area contributed by atoms with Crippen LogP contribution < -0.4 is 19.7 Å². The number of halogens is 4. The zero-order valence-electron chi connectivity index (χ0n) is 32.7. The lowest BCUT2D eigenvalue weighted by Gasteiger charge is -2.42. The van der Waals surface area contributed by atoms with Gasteiger partial charge in [0.05, 0.1) is 29.6 Å². The number of alkyl carbamates (subject to hydrolysis) is 1. The van der Waals surface area contributed by atoms with Gasteiger partial charge in [0, 0.05) is 52.2 Å². The summed E-state index contributed by atoms with van der Waals surface area (Å²) in [5, 5.41) is 3.78. The number of likely N-dealkylation sites (tertiary alicyclic amines) is 1. The molecule has 4 saturated heterocycles. The van der Waals surface area contributed by atoms with Gasteiger partial charge in [0.15, 0.2) is 5.82 Å². The van der Waals surface area contributed by atoms with Gasteiger partial charge in [-0.2, -0.15) is 9.97 Å².